The average molecular weight is 179 g/mol. The van der Waals surface area contributed by atoms with Crippen LogP contribution in [0.1, 0.15) is 12.6 Å². The van der Waals surface area contributed by atoms with E-state index in [2.05, 4.69) is 22.5 Å². The minimum atomic E-state index is 0.956. The van der Waals surface area contributed by atoms with Crippen molar-refractivity contribution in [1.29, 1.82) is 0 Å². The summed E-state index contributed by atoms with van der Waals surface area (Å²) in [6.07, 6.45) is 1.82. The van der Waals surface area contributed by atoms with E-state index in [0.717, 1.165) is 31.0 Å². The summed E-state index contributed by atoms with van der Waals surface area (Å²) in [5, 5.41) is 6.57. The second-order valence-corrected chi connectivity index (χ2v) is 2.97. The largest absolute Gasteiger partial charge is 0.384 e. The first-order chi connectivity index (χ1) is 6.33. The fourth-order valence-corrected chi connectivity index (χ4v) is 1.13. The Bertz CT molecular complexity index is 248. The molecule has 72 valence electrons. The number of nitrogens with one attached hydrogen (secondary N) is 2. The first-order valence-electron chi connectivity index (χ1n) is 4.70. The summed E-state index contributed by atoms with van der Waals surface area (Å²) in [5.41, 5.74) is 2.19. The van der Waals surface area contributed by atoms with Crippen LogP contribution in [0.3, 0.4) is 0 Å². The molecule has 0 aliphatic carbocycles. The van der Waals surface area contributed by atoms with Crippen LogP contribution in [0.4, 0.5) is 5.69 Å². The lowest BCUT2D eigenvalue weighted by Gasteiger charge is -2.06. The monoisotopic (exact) mass is 179 g/mol. The Labute approximate surface area is 79.6 Å². The molecule has 0 saturated carbocycles. The zero-order valence-corrected chi connectivity index (χ0v) is 8.30. The molecule has 13 heavy (non-hydrogen) atoms. The number of hydrogen-bond donors (Lipinski definition) is 2. The van der Waals surface area contributed by atoms with Gasteiger partial charge in [-0.3, -0.25) is 4.98 Å². The first-order valence-corrected chi connectivity index (χ1v) is 4.70. The van der Waals surface area contributed by atoms with Crippen molar-refractivity contribution in [3.05, 3.63) is 24.0 Å². The number of rotatable bonds is 5. The lowest BCUT2D eigenvalue weighted by Crippen LogP contribution is -2.21. The van der Waals surface area contributed by atoms with Gasteiger partial charge in [0.15, 0.2) is 0 Å². The molecule has 0 atom stereocenters. The highest BCUT2D eigenvalue weighted by Gasteiger charge is 1.91. The lowest BCUT2D eigenvalue weighted by atomic mass is 10.3. The van der Waals surface area contributed by atoms with Crippen molar-refractivity contribution in [2.45, 2.75) is 13.8 Å². The van der Waals surface area contributed by atoms with E-state index in [1.165, 1.54) is 0 Å². The molecule has 2 N–H and O–H groups in total. The standard InChI is InChI=1S/C10H17N3/c1-3-11-6-7-13-10-4-5-12-9(2)8-10/h4-5,8,11H,3,6-7H2,1-2H3,(H,12,13). The molecule has 0 unspecified atom stereocenters. The highest BCUT2D eigenvalue weighted by atomic mass is 14.9. The molecule has 1 aromatic rings. The molecule has 0 amide bonds. The van der Waals surface area contributed by atoms with E-state index in [-0.39, 0.29) is 0 Å². The van der Waals surface area contributed by atoms with Crippen LogP contribution in [0.5, 0.6) is 0 Å². The Balaban J connectivity index is 2.28. The van der Waals surface area contributed by atoms with Crippen molar-refractivity contribution in [2.24, 2.45) is 0 Å². The van der Waals surface area contributed by atoms with Crippen LogP contribution >= 0.6 is 0 Å². The number of anilines is 1. The minimum Gasteiger partial charge on any atom is -0.384 e. The third-order valence-electron chi connectivity index (χ3n) is 1.78. The predicted octanol–water partition coefficient (Wildman–Crippen LogP) is 1.41. The average Bonchev–Trinajstić information content (AvgIpc) is 2.13. The van der Waals surface area contributed by atoms with Crippen LogP contribution in [0.25, 0.3) is 0 Å². The normalized spacial score (nSPS) is 10.0. The molecule has 1 rings (SSSR count). The molecule has 3 nitrogen and oxygen atoms in total. The predicted molar refractivity (Wildman–Crippen MR) is 56.0 cm³/mol. The fraction of sp³-hybridized carbons (Fsp3) is 0.500. The number of nitrogens with zero attached hydrogens (tertiary/aromatic N) is 1. The molecule has 0 bridgehead atoms. The molecule has 0 aliphatic heterocycles. The van der Waals surface area contributed by atoms with E-state index in [0.29, 0.717) is 0 Å². The molecular weight excluding hydrogens is 162 g/mol. The lowest BCUT2D eigenvalue weighted by molar-refractivity contribution is 0.739. The zero-order chi connectivity index (χ0) is 9.52. The van der Waals surface area contributed by atoms with Crippen LogP contribution in [0, 0.1) is 6.92 Å². The van der Waals surface area contributed by atoms with E-state index < -0.39 is 0 Å². The second-order valence-electron chi connectivity index (χ2n) is 2.97. The first kappa shape index (κ1) is 9.99. The maximum atomic E-state index is 4.13. The van der Waals surface area contributed by atoms with E-state index in [4.69, 9.17) is 0 Å². The highest BCUT2D eigenvalue weighted by molar-refractivity contribution is 5.42. The van der Waals surface area contributed by atoms with Gasteiger partial charge in [0, 0.05) is 30.7 Å². The minimum absolute atomic E-state index is 0.956. The van der Waals surface area contributed by atoms with Crippen molar-refractivity contribution in [3.63, 3.8) is 0 Å². The van der Waals surface area contributed by atoms with Gasteiger partial charge in [-0.05, 0) is 25.6 Å². The summed E-state index contributed by atoms with van der Waals surface area (Å²) in [4.78, 5) is 4.13. The Morgan fingerprint density at radius 3 is 2.92 bits per heavy atom. The van der Waals surface area contributed by atoms with Crippen molar-refractivity contribution in [2.75, 3.05) is 25.0 Å². The van der Waals surface area contributed by atoms with Gasteiger partial charge in [-0.1, -0.05) is 6.92 Å². The van der Waals surface area contributed by atoms with Gasteiger partial charge in [0.1, 0.15) is 0 Å². The van der Waals surface area contributed by atoms with E-state index in [9.17, 15) is 0 Å². The summed E-state index contributed by atoms with van der Waals surface area (Å²) < 4.78 is 0. The van der Waals surface area contributed by atoms with Crippen molar-refractivity contribution in [3.8, 4) is 0 Å². The van der Waals surface area contributed by atoms with Crippen LogP contribution in [0.2, 0.25) is 0 Å². The summed E-state index contributed by atoms with van der Waals surface area (Å²) in [7, 11) is 0. The van der Waals surface area contributed by atoms with Crippen LogP contribution < -0.4 is 10.6 Å². The molecule has 0 fully saturated rings. The molecule has 1 heterocycles. The van der Waals surface area contributed by atoms with Gasteiger partial charge in [0.05, 0.1) is 0 Å². The molecule has 0 aromatic carbocycles. The van der Waals surface area contributed by atoms with Gasteiger partial charge in [-0.2, -0.15) is 0 Å². The van der Waals surface area contributed by atoms with Gasteiger partial charge in [0.25, 0.3) is 0 Å². The molecule has 0 aliphatic rings. The van der Waals surface area contributed by atoms with Crippen molar-refractivity contribution in [1.82, 2.24) is 10.3 Å². The molecule has 0 saturated heterocycles. The maximum absolute atomic E-state index is 4.13. The third-order valence-corrected chi connectivity index (χ3v) is 1.78. The smallest absolute Gasteiger partial charge is 0.0393 e. The Morgan fingerprint density at radius 2 is 2.23 bits per heavy atom. The summed E-state index contributed by atoms with van der Waals surface area (Å²) >= 11 is 0. The number of hydrogen-bond acceptors (Lipinski definition) is 3. The van der Waals surface area contributed by atoms with Gasteiger partial charge in [-0.25, -0.2) is 0 Å². The third kappa shape index (κ3) is 3.90. The highest BCUT2D eigenvalue weighted by Crippen LogP contribution is 2.05. The zero-order valence-electron chi connectivity index (χ0n) is 8.30. The van der Waals surface area contributed by atoms with Crippen molar-refractivity contribution < 1.29 is 0 Å². The molecule has 0 radical (unpaired) electrons. The number of pyridine rings is 1. The topological polar surface area (TPSA) is 37.0 Å². The molecule has 1 aromatic heterocycles. The van der Waals surface area contributed by atoms with Gasteiger partial charge in [0.2, 0.25) is 0 Å². The van der Waals surface area contributed by atoms with Crippen molar-refractivity contribution >= 4 is 5.69 Å². The second kappa shape index (κ2) is 5.54. The Morgan fingerprint density at radius 1 is 1.38 bits per heavy atom. The quantitative estimate of drug-likeness (QED) is 0.671. The SMILES string of the molecule is CCNCCNc1ccnc(C)c1. The Kier molecular flexibility index (Phi) is 4.26. The van der Waals surface area contributed by atoms with Gasteiger partial charge < -0.3 is 10.6 Å². The molecular formula is C10H17N3. The van der Waals surface area contributed by atoms with Gasteiger partial charge in [-0.15, -0.1) is 0 Å². The van der Waals surface area contributed by atoms with Crippen LogP contribution in [-0.4, -0.2) is 24.6 Å². The summed E-state index contributed by atoms with van der Waals surface area (Å²) in [6, 6.07) is 4.03. The molecule has 3 heteroatoms. The molecule has 0 spiro atoms. The van der Waals surface area contributed by atoms with E-state index >= 15 is 0 Å². The summed E-state index contributed by atoms with van der Waals surface area (Å²) in [6.45, 7) is 7.08. The maximum Gasteiger partial charge on any atom is 0.0393 e. The summed E-state index contributed by atoms with van der Waals surface area (Å²) in [5.74, 6) is 0. The van der Waals surface area contributed by atoms with E-state index in [1.807, 2.05) is 25.3 Å². The Hall–Kier alpha value is -1.09. The van der Waals surface area contributed by atoms with Crippen LogP contribution in [-0.2, 0) is 0 Å². The fourth-order valence-electron chi connectivity index (χ4n) is 1.13. The number of likely N-dealkylation sites (N-methyl/N-ethyl adjacent to an activating group) is 1. The van der Waals surface area contributed by atoms with E-state index in [1.54, 1.807) is 0 Å². The number of aromatic nitrogens is 1. The number of aryl methyl sites for hydroxylation is 1. The van der Waals surface area contributed by atoms with Gasteiger partial charge >= 0.3 is 0 Å². The van der Waals surface area contributed by atoms with Crippen LogP contribution in [0.15, 0.2) is 18.3 Å².